The minimum absolute atomic E-state index is 0.0668. The molecular formula is C33H39NO8. The predicted octanol–water partition coefficient (Wildman–Crippen LogP) is 5.78. The highest BCUT2D eigenvalue weighted by Crippen LogP contribution is 2.41. The first kappa shape index (κ1) is 32.1. The fourth-order valence-corrected chi connectivity index (χ4v) is 4.61. The third-order valence-electron chi connectivity index (χ3n) is 6.78. The molecule has 1 amide bonds. The van der Waals surface area contributed by atoms with Crippen LogP contribution in [0.25, 0.3) is 0 Å². The van der Waals surface area contributed by atoms with Crippen molar-refractivity contribution in [1.29, 1.82) is 0 Å². The monoisotopic (exact) mass is 577 g/mol. The summed E-state index contributed by atoms with van der Waals surface area (Å²) in [6, 6.07) is 25.6. The fraction of sp³-hybridized carbons (Fsp3) is 0.364. The number of nitrogens with one attached hydrogen (secondary N) is 1. The van der Waals surface area contributed by atoms with E-state index in [1.807, 2.05) is 78.9 Å². The maximum Gasteiger partial charge on any atom is 0.515 e. The van der Waals surface area contributed by atoms with Gasteiger partial charge in [0.15, 0.2) is 0 Å². The van der Waals surface area contributed by atoms with Gasteiger partial charge in [0.25, 0.3) is 0 Å². The van der Waals surface area contributed by atoms with Crippen LogP contribution in [-0.2, 0) is 29.4 Å². The molecule has 0 heterocycles. The maximum absolute atomic E-state index is 12.5. The average Bonchev–Trinajstić information content (AvgIpc) is 3.03. The van der Waals surface area contributed by atoms with E-state index >= 15 is 0 Å². The molecule has 0 atom stereocenters. The van der Waals surface area contributed by atoms with E-state index < -0.39 is 17.7 Å². The van der Waals surface area contributed by atoms with Crippen molar-refractivity contribution >= 4 is 18.0 Å². The molecule has 0 aliphatic rings. The molecule has 224 valence electrons. The largest absolute Gasteiger partial charge is 0.515 e. The lowest BCUT2D eigenvalue weighted by Crippen LogP contribution is -2.33. The Kier molecular flexibility index (Phi) is 12.9. The van der Waals surface area contributed by atoms with E-state index in [2.05, 4.69) is 14.8 Å². The van der Waals surface area contributed by atoms with Crippen molar-refractivity contribution in [2.45, 2.75) is 44.1 Å². The number of esters is 1. The molecule has 0 bridgehead atoms. The van der Waals surface area contributed by atoms with E-state index in [9.17, 15) is 14.4 Å². The van der Waals surface area contributed by atoms with Gasteiger partial charge in [-0.2, -0.15) is 0 Å². The zero-order valence-electron chi connectivity index (χ0n) is 24.4. The lowest BCUT2D eigenvalue weighted by Gasteiger charge is -2.36. The highest BCUT2D eigenvalue weighted by molar-refractivity contribution is 5.81. The molecule has 9 heteroatoms. The number of amides is 1. The second kappa shape index (κ2) is 16.8. The molecular weight excluding hydrogens is 538 g/mol. The van der Waals surface area contributed by atoms with Gasteiger partial charge in [-0.1, -0.05) is 61.0 Å². The minimum Gasteiger partial charge on any atom is -0.497 e. The summed E-state index contributed by atoms with van der Waals surface area (Å²) in [7, 11) is 4.41. The normalized spacial score (nSPS) is 10.9. The predicted molar refractivity (Wildman–Crippen MR) is 157 cm³/mol. The van der Waals surface area contributed by atoms with Gasteiger partial charge < -0.3 is 29.0 Å². The highest BCUT2D eigenvalue weighted by atomic mass is 16.7. The Morgan fingerprint density at radius 3 is 1.79 bits per heavy atom. The third-order valence-corrected chi connectivity index (χ3v) is 6.78. The number of methoxy groups -OCH3 is 3. The van der Waals surface area contributed by atoms with Crippen LogP contribution in [0.1, 0.15) is 55.2 Å². The van der Waals surface area contributed by atoms with Gasteiger partial charge in [0.2, 0.25) is 5.91 Å². The Morgan fingerprint density at radius 2 is 1.24 bits per heavy atom. The Bertz CT molecular complexity index is 1210. The lowest BCUT2D eigenvalue weighted by molar-refractivity contribution is -0.139. The van der Waals surface area contributed by atoms with Gasteiger partial charge in [0, 0.05) is 26.0 Å². The average molecular weight is 578 g/mol. The van der Waals surface area contributed by atoms with Crippen LogP contribution in [0.15, 0.2) is 78.9 Å². The molecule has 0 unspecified atom stereocenters. The molecule has 0 saturated carbocycles. The zero-order valence-corrected chi connectivity index (χ0v) is 24.4. The number of rotatable bonds is 16. The van der Waals surface area contributed by atoms with Gasteiger partial charge in [-0.15, -0.1) is 0 Å². The van der Waals surface area contributed by atoms with Crippen LogP contribution in [0.4, 0.5) is 4.79 Å². The number of carbonyl (C=O) groups excluding carboxylic acids is 3. The summed E-state index contributed by atoms with van der Waals surface area (Å²) in [5, 5.41) is 2.92. The first-order valence-corrected chi connectivity index (χ1v) is 14.0. The topological polar surface area (TPSA) is 109 Å². The Morgan fingerprint density at radius 1 is 0.667 bits per heavy atom. The quantitative estimate of drug-likeness (QED) is 0.0988. The summed E-state index contributed by atoms with van der Waals surface area (Å²) in [4.78, 5) is 34.9. The Hall–Kier alpha value is -4.37. The SMILES string of the molecule is COC(=O)OC(=O)CCCCCNC(=O)CCCOC(c1ccccc1)(c1ccc(OC)cc1)c1ccc(OC)cc1. The molecule has 0 aliphatic carbocycles. The number of hydrogen-bond donors (Lipinski definition) is 1. The lowest BCUT2D eigenvalue weighted by atomic mass is 9.80. The van der Waals surface area contributed by atoms with Gasteiger partial charge in [0.1, 0.15) is 17.1 Å². The summed E-state index contributed by atoms with van der Waals surface area (Å²) in [5.41, 5.74) is 1.89. The van der Waals surface area contributed by atoms with Crippen molar-refractivity contribution in [3.63, 3.8) is 0 Å². The minimum atomic E-state index is -1.01. The Labute approximate surface area is 247 Å². The number of carbonyl (C=O) groups is 3. The molecule has 3 rings (SSSR count). The molecule has 0 spiro atoms. The van der Waals surface area contributed by atoms with E-state index in [4.69, 9.17) is 14.2 Å². The molecule has 0 saturated heterocycles. The van der Waals surface area contributed by atoms with Crippen molar-refractivity contribution in [3.05, 3.63) is 95.6 Å². The van der Waals surface area contributed by atoms with Crippen LogP contribution in [0.2, 0.25) is 0 Å². The van der Waals surface area contributed by atoms with Crippen LogP contribution in [0, 0.1) is 0 Å². The van der Waals surface area contributed by atoms with E-state index in [-0.39, 0.29) is 12.3 Å². The van der Waals surface area contributed by atoms with Crippen LogP contribution in [-0.4, -0.2) is 52.5 Å². The van der Waals surface area contributed by atoms with Gasteiger partial charge in [-0.05, 0) is 60.2 Å². The summed E-state index contributed by atoms with van der Waals surface area (Å²) in [5.74, 6) is 0.797. The zero-order chi connectivity index (χ0) is 30.2. The van der Waals surface area contributed by atoms with Gasteiger partial charge in [-0.25, -0.2) is 4.79 Å². The smallest absolute Gasteiger partial charge is 0.497 e. The second-order valence-corrected chi connectivity index (χ2v) is 9.55. The van der Waals surface area contributed by atoms with Gasteiger partial charge in [-0.3, -0.25) is 9.59 Å². The molecule has 3 aromatic carbocycles. The maximum atomic E-state index is 12.5. The van der Waals surface area contributed by atoms with Crippen LogP contribution in [0.3, 0.4) is 0 Å². The molecule has 0 radical (unpaired) electrons. The van der Waals surface area contributed by atoms with E-state index in [0.29, 0.717) is 45.3 Å². The molecule has 3 aromatic rings. The Balaban J connectivity index is 1.62. The van der Waals surface area contributed by atoms with E-state index in [0.717, 1.165) is 35.3 Å². The van der Waals surface area contributed by atoms with Crippen molar-refractivity contribution in [2.75, 3.05) is 34.5 Å². The van der Waals surface area contributed by atoms with Crippen LogP contribution < -0.4 is 14.8 Å². The molecule has 42 heavy (non-hydrogen) atoms. The summed E-state index contributed by atoms with van der Waals surface area (Å²) < 4.78 is 26.3. The van der Waals surface area contributed by atoms with Crippen molar-refractivity contribution in [3.8, 4) is 11.5 Å². The molecule has 0 fully saturated rings. The van der Waals surface area contributed by atoms with Crippen molar-refractivity contribution < 1.29 is 38.1 Å². The third kappa shape index (κ3) is 9.07. The number of hydrogen-bond acceptors (Lipinski definition) is 8. The molecule has 0 aromatic heterocycles. The summed E-state index contributed by atoms with van der Waals surface area (Å²) in [6.45, 7) is 0.833. The summed E-state index contributed by atoms with van der Waals surface area (Å²) >= 11 is 0. The first-order valence-electron chi connectivity index (χ1n) is 14.0. The standard InChI is InChI=1S/C33H39NO8/c1-38-28-19-15-26(16-20-28)33(25-11-6-4-7-12-25,27-17-21-29(39-2)22-18-27)41-24-10-13-30(35)34-23-9-5-8-14-31(36)42-32(37)40-3/h4,6-7,11-12,15-22H,5,8-10,13-14,23-24H2,1-3H3,(H,34,35). The van der Waals surface area contributed by atoms with Gasteiger partial charge >= 0.3 is 12.1 Å². The van der Waals surface area contributed by atoms with E-state index in [1.165, 1.54) is 0 Å². The number of ether oxygens (including phenoxy) is 5. The van der Waals surface area contributed by atoms with Gasteiger partial charge in [0.05, 0.1) is 21.3 Å². The van der Waals surface area contributed by atoms with Crippen LogP contribution in [0.5, 0.6) is 11.5 Å². The van der Waals surface area contributed by atoms with Crippen molar-refractivity contribution in [2.24, 2.45) is 0 Å². The molecule has 9 nitrogen and oxygen atoms in total. The van der Waals surface area contributed by atoms with Crippen molar-refractivity contribution in [1.82, 2.24) is 5.32 Å². The number of unbranched alkanes of at least 4 members (excludes halogenated alkanes) is 2. The molecule has 1 N–H and O–H groups in total. The second-order valence-electron chi connectivity index (χ2n) is 9.55. The van der Waals surface area contributed by atoms with Crippen LogP contribution >= 0.6 is 0 Å². The van der Waals surface area contributed by atoms with E-state index in [1.54, 1.807) is 14.2 Å². The first-order chi connectivity index (χ1) is 20.4. The highest BCUT2D eigenvalue weighted by Gasteiger charge is 2.37. The summed E-state index contributed by atoms with van der Waals surface area (Å²) in [6.07, 6.45) is 1.91. The molecule has 0 aliphatic heterocycles. The number of benzene rings is 3. The fourth-order valence-electron chi connectivity index (χ4n) is 4.61.